The zero-order valence-electron chi connectivity index (χ0n) is 12.7. The van der Waals surface area contributed by atoms with Gasteiger partial charge in [0.05, 0.1) is 6.61 Å². The number of carbonyl (C=O) groups excluding carboxylic acids is 1. The molecule has 0 aliphatic rings. The number of amides is 1. The Morgan fingerprint density at radius 2 is 1.72 bits per heavy atom. The number of hydrogen-bond acceptors (Lipinski definition) is 4. The lowest BCUT2D eigenvalue weighted by molar-refractivity contribution is -0.00362. The third-order valence-corrected chi connectivity index (χ3v) is 2.32. The van der Waals surface area contributed by atoms with Gasteiger partial charge in [-0.25, -0.2) is 10.7 Å². The van der Waals surface area contributed by atoms with Gasteiger partial charge in [0.1, 0.15) is 5.60 Å². The van der Waals surface area contributed by atoms with Crippen molar-refractivity contribution < 1.29 is 14.4 Å². The summed E-state index contributed by atoms with van der Waals surface area (Å²) in [4.78, 5) is 18.5. The molecular formula is C13H28N2O3. The van der Waals surface area contributed by atoms with E-state index in [1.807, 2.05) is 48.5 Å². The molecule has 0 unspecified atom stereocenters. The van der Waals surface area contributed by atoms with Gasteiger partial charge in [0.15, 0.2) is 0 Å². The minimum atomic E-state index is -0.487. The molecule has 0 saturated carbocycles. The first-order valence-electron chi connectivity index (χ1n) is 6.30. The lowest BCUT2D eigenvalue weighted by Gasteiger charge is -2.35. The number of ether oxygens (including phenoxy) is 1. The van der Waals surface area contributed by atoms with E-state index in [2.05, 4.69) is 4.84 Å². The van der Waals surface area contributed by atoms with Gasteiger partial charge in [-0.3, -0.25) is 0 Å². The first-order valence-corrected chi connectivity index (χ1v) is 6.30. The predicted molar refractivity (Wildman–Crippen MR) is 72.0 cm³/mol. The summed E-state index contributed by atoms with van der Waals surface area (Å²) in [7, 11) is 0. The highest BCUT2D eigenvalue weighted by Gasteiger charge is 2.30. The second-order valence-electron chi connectivity index (χ2n) is 6.68. The summed E-state index contributed by atoms with van der Waals surface area (Å²) in [5, 5.41) is 0. The van der Waals surface area contributed by atoms with Gasteiger partial charge >= 0.3 is 6.09 Å². The van der Waals surface area contributed by atoms with E-state index >= 15 is 0 Å². The standard InChI is InChI=1S/C13H28N2O3/c1-10(2)15(8-13(6,7)9-17-14)11(16)18-12(3,4)5/h10H,8-9,14H2,1-7H3. The van der Waals surface area contributed by atoms with Crippen molar-refractivity contribution in [1.82, 2.24) is 4.90 Å². The molecule has 0 aromatic carbocycles. The lowest BCUT2D eigenvalue weighted by Crippen LogP contribution is -2.46. The number of carbonyl (C=O) groups is 1. The average molecular weight is 260 g/mol. The molecule has 5 nitrogen and oxygen atoms in total. The highest BCUT2D eigenvalue weighted by atomic mass is 16.6. The van der Waals surface area contributed by atoms with Crippen LogP contribution in [-0.2, 0) is 9.57 Å². The van der Waals surface area contributed by atoms with Crippen LogP contribution in [0.1, 0.15) is 48.5 Å². The van der Waals surface area contributed by atoms with Crippen LogP contribution in [0.25, 0.3) is 0 Å². The van der Waals surface area contributed by atoms with Gasteiger partial charge in [-0.05, 0) is 34.6 Å². The van der Waals surface area contributed by atoms with Crippen molar-refractivity contribution in [2.75, 3.05) is 13.2 Å². The molecule has 108 valence electrons. The highest BCUT2D eigenvalue weighted by Crippen LogP contribution is 2.20. The first-order chi connectivity index (χ1) is 7.98. The smallest absolute Gasteiger partial charge is 0.410 e. The number of rotatable bonds is 5. The first kappa shape index (κ1) is 17.2. The van der Waals surface area contributed by atoms with Gasteiger partial charge in [-0.1, -0.05) is 13.8 Å². The fraction of sp³-hybridized carbons (Fsp3) is 0.923. The van der Waals surface area contributed by atoms with Crippen molar-refractivity contribution in [3.8, 4) is 0 Å². The highest BCUT2D eigenvalue weighted by molar-refractivity contribution is 5.68. The van der Waals surface area contributed by atoms with Crippen LogP contribution < -0.4 is 5.90 Å². The van der Waals surface area contributed by atoms with Crippen molar-refractivity contribution in [2.45, 2.75) is 60.1 Å². The quantitative estimate of drug-likeness (QED) is 0.771. The summed E-state index contributed by atoms with van der Waals surface area (Å²) in [6.07, 6.45) is -0.303. The topological polar surface area (TPSA) is 64.8 Å². The Morgan fingerprint density at radius 3 is 2.06 bits per heavy atom. The lowest BCUT2D eigenvalue weighted by atomic mass is 9.93. The molecule has 5 heteroatoms. The SMILES string of the molecule is CC(C)N(CC(C)(C)CON)C(=O)OC(C)(C)C. The van der Waals surface area contributed by atoms with Crippen molar-refractivity contribution in [2.24, 2.45) is 11.3 Å². The predicted octanol–water partition coefficient (Wildman–Crippen LogP) is 2.55. The van der Waals surface area contributed by atoms with Crippen molar-refractivity contribution in [3.05, 3.63) is 0 Å². The molecule has 0 heterocycles. The number of nitrogens with zero attached hydrogens (tertiary/aromatic N) is 1. The van der Waals surface area contributed by atoms with E-state index in [4.69, 9.17) is 10.6 Å². The Balaban J connectivity index is 4.72. The van der Waals surface area contributed by atoms with Crippen molar-refractivity contribution in [3.63, 3.8) is 0 Å². The number of nitrogens with two attached hydrogens (primary N) is 1. The van der Waals surface area contributed by atoms with E-state index in [0.29, 0.717) is 13.2 Å². The van der Waals surface area contributed by atoms with E-state index in [1.165, 1.54) is 0 Å². The van der Waals surface area contributed by atoms with Gasteiger partial charge in [-0.2, -0.15) is 0 Å². The normalized spacial score (nSPS) is 12.7. The molecule has 0 rings (SSSR count). The fourth-order valence-electron chi connectivity index (χ4n) is 1.51. The van der Waals surface area contributed by atoms with Crippen LogP contribution in [0.15, 0.2) is 0 Å². The minimum absolute atomic E-state index is 0.0666. The summed E-state index contributed by atoms with van der Waals surface area (Å²) in [5.74, 6) is 5.11. The second kappa shape index (κ2) is 6.38. The Kier molecular flexibility index (Phi) is 6.10. The third kappa shape index (κ3) is 6.81. The molecule has 0 atom stereocenters. The average Bonchev–Trinajstić information content (AvgIpc) is 2.10. The van der Waals surface area contributed by atoms with Gasteiger partial charge in [-0.15, -0.1) is 0 Å². The molecule has 0 saturated heterocycles. The maximum absolute atomic E-state index is 12.1. The van der Waals surface area contributed by atoms with E-state index < -0.39 is 5.60 Å². The number of hydrogen-bond donors (Lipinski definition) is 1. The summed E-state index contributed by atoms with van der Waals surface area (Å²) in [5.41, 5.74) is -0.700. The van der Waals surface area contributed by atoms with Crippen molar-refractivity contribution >= 4 is 6.09 Å². The Morgan fingerprint density at radius 1 is 1.22 bits per heavy atom. The van der Waals surface area contributed by atoms with Gasteiger partial charge in [0, 0.05) is 18.0 Å². The zero-order valence-corrected chi connectivity index (χ0v) is 12.7. The zero-order chi connectivity index (χ0) is 14.6. The molecule has 0 aliphatic carbocycles. The molecule has 18 heavy (non-hydrogen) atoms. The van der Waals surface area contributed by atoms with E-state index in [0.717, 1.165) is 0 Å². The molecule has 0 spiro atoms. The molecule has 0 fully saturated rings. The Hall–Kier alpha value is -0.810. The van der Waals surface area contributed by atoms with Crippen LogP contribution in [0.5, 0.6) is 0 Å². The maximum Gasteiger partial charge on any atom is 0.410 e. The summed E-state index contributed by atoms with van der Waals surface area (Å²) >= 11 is 0. The van der Waals surface area contributed by atoms with Gasteiger partial charge < -0.3 is 14.5 Å². The minimum Gasteiger partial charge on any atom is -0.444 e. The van der Waals surface area contributed by atoms with E-state index in [-0.39, 0.29) is 17.6 Å². The Bertz CT molecular complexity index is 270. The van der Waals surface area contributed by atoms with Crippen LogP contribution >= 0.6 is 0 Å². The molecule has 2 N–H and O–H groups in total. The monoisotopic (exact) mass is 260 g/mol. The molecular weight excluding hydrogens is 232 g/mol. The van der Waals surface area contributed by atoms with Crippen LogP contribution in [0.4, 0.5) is 4.79 Å². The molecule has 0 aromatic heterocycles. The van der Waals surface area contributed by atoms with E-state index in [9.17, 15) is 4.79 Å². The van der Waals surface area contributed by atoms with E-state index in [1.54, 1.807) is 4.90 Å². The third-order valence-electron chi connectivity index (χ3n) is 2.32. The Labute approximate surface area is 111 Å². The van der Waals surface area contributed by atoms with Gasteiger partial charge in [0.2, 0.25) is 0 Å². The van der Waals surface area contributed by atoms with Crippen LogP contribution in [0, 0.1) is 5.41 Å². The maximum atomic E-state index is 12.1. The van der Waals surface area contributed by atoms with Crippen LogP contribution in [0.3, 0.4) is 0 Å². The molecule has 0 bridgehead atoms. The van der Waals surface area contributed by atoms with Crippen molar-refractivity contribution in [1.29, 1.82) is 0 Å². The summed E-state index contributed by atoms with van der Waals surface area (Å²) < 4.78 is 5.40. The summed E-state index contributed by atoms with van der Waals surface area (Å²) in [6, 6.07) is 0.0666. The van der Waals surface area contributed by atoms with Crippen LogP contribution in [0.2, 0.25) is 0 Å². The second-order valence-corrected chi connectivity index (χ2v) is 6.68. The molecule has 0 radical (unpaired) electrons. The molecule has 1 amide bonds. The summed E-state index contributed by atoms with van der Waals surface area (Å²) in [6.45, 7) is 14.4. The van der Waals surface area contributed by atoms with Crippen LogP contribution in [-0.4, -0.2) is 35.8 Å². The fourth-order valence-corrected chi connectivity index (χ4v) is 1.51. The largest absolute Gasteiger partial charge is 0.444 e. The molecule has 0 aromatic rings. The van der Waals surface area contributed by atoms with Gasteiger partial charge in [0.25, 0.3) is 0 Å². The molecule has 0 aliphatic heterocycles.